The summed E-state index contributed by atoms with van der Waals surface area (Å²) in [5.41, 5.74) is 0. The maximum atomic E-state index is 11.3. The van der Waals surface area contributed by atoms with Crippen LogP contribution in [0.2, 0.25) is 0 Å². The van der Waals surface area contributed by atoms with E-state index < -0.39 is 18.0 Å². The van der Waals surface area contributed by atoms with Crippen LogP contribution in [0.15, 0.2) is 0 Å². The van der Waals surface area contributed by atoms with Crippen LogP contribution in [0.1, 0.15) is 117 Å². The molecule has 0 saturated heterocycles. The summed E-state index contributed by atoms with van der Waals surface area (Å²) < 4.78 is 4.50. The summed E-state index contributed by atoms with van der Waals surface area (Å²) in [5, 5.41) is 8.95. The van der Waals surface area contributed by atoms with Crippen molar-refractivity contribution in [2.24, 2.45) is 0 Å². The summed E-state index contributed by atoms with van der Waals surface area (Å²) in [6.45, 7) is 3.55. The van der Waals surface area contributed by atoms with E-state index >= 15 is 0 Å². The molecule has 1 atom stereocenters. The van der Waals surface area contributed by atoms with E-state index in [2.05, 4.69) is 11.7 Å². The van der Waals surface area contributed by atoms with Gasteiger partial charge in [0.25, 0.3) is 0 Å². The van der Waals surface area contributed by atoms with Gasteiger partial charge in [0.2, 0.25) is 0 Å². The predicted octanol–water partition coefficient (Wildman–Crippen LogP) is 4.94. The van der Waals surface area contributed by atoms with Crippen molar-refractivity contribution in [3.63, 3.8) is 0 Å². The monoisotopic (exact) mass is 419 g/mol. The van der Waals surface area contributed by atoms with Gasteiger partial charge in [0.1, 0.15) is 6.10 Å². The molecule has 0 aromatic rings. The number of aliphatic hydroxyl groups is 1. The molecule has 0 aromatic heterocycles. The average Bonchev–Trinajstić information content (AvgIpc) is 2.58. The van der Waals surface area contributed by atoms with E-state index in [1.807, 2.05) is 0 Å². The Hall–Kier alpha value is 1.36. The van der Waals surface area contributed by atoms with Crippen LogP contribution in [-0.2, 0) is 14.3 Å². The molecule has 6 heteroatoms. The van der Waals surface area contributed by atoms with Gasteiger partial charge in [-0.25, -0.2) is 4.79 Å². The van der Waals surface area contributed by atoms with E-state index in [9.17, 15) is 9.59 Å². The Labute approximate surface area is 219 Å². The third-order valence-corrected chi connectivity index (χ3v) is 4.54. The number of hydrogen-bond acceptors (Lipinski definition) is 4. The fourth-order valence-corrected chi connectivity index (χ4v) is 2.89. The Morgan fingerprint density at radius 3 is 1.41 bits per heavy atom. The summed E-state index contributed by atoms with van der Waals surface area (Å²) in [6, 6.07) is 0. The fourth-order valence-electron chi connectivity index (χ4n) is 2.89. The normalized spacial score (nSPS) is 11.2. The van der Waals surface area contributed by atoms with Gasteiger partial charge in [0, 0.05) is 73.7 Å². The number of hydrogen-bond donors (Lipinski definition) is 1. The zero-order chi connectivity index (χ0) is 18.8. The molecule has 0 aliphatic heterocycles. The van der Waals surface area contributed by atoms with Crippen LogP contribution in [0, 0.1) is 0 Å². The molecular formula is C21H40CaNaO4. The van der Waals surface area contributed by atoms with Crippen LogP contribution in [-0.4, -0.2) is 90.4 Å². The maximum Gasteiger partial charge on any atom is 0.342 e. The maximum absolute atomic E-state index is 11.3. The topological polar surface area (TPSA) is 63.6 Å². The molecule has 1 N–H and O–H groups in total. The quantitative estimate of drug-likeness (QED) is 0.157. The Bertz CT molecular complexity index is 338. The number of rotatable bonds is 17. The van der Waals surface area contributed by atoms with Crippen molar-refractivity contribution < 1.29 is 19.4 Å². The van der Waals surface area contributed by atoms with Gasteiger partial charge in [-0.1, -0.05) is 96.8 Å². The first-order valence-electron chi connectivity index (χ1n) is 10.5. The minimum atomic E-state index is -1.23. The Morgan fingerprint density at radius 1 is 0.741 bits per heavy atom. The second-order valence-corrected chi connectivity index (χ2v) is 7.17. The molecule has 0 bridgehead atoms. The van der Waals surface area contributed by atoms with Crippen LogP contribution in [0.25, 0.3) is 0 Å². The third-order valence-electron chi connectivity index (χ3n) is 4.54. The molecule has 1 unspecified atom stereocenters. The summed E-state index contributed by atoms with van der Waals surface area (Å²) in [4.78, 5) is 22.4. The molecule has 0 spiro atoms. The van der Waals surface area contributed by atoms with Crippen molar-refractivity contribution in [2.75, 3.05) is 0 Å². The fraction of sp³-hybridized carbons (Fsp3) is 0.905. The second kappa shape index (κ2) is 25.4. The smallest absolute Gasteiger partial charge is 0.342 e. The molecule has 3 radical (unpaired) electrons. The molecule has 27 heavy (non-hydrogen) atoms. The largest absolute Gasteiger partial charge is 0.391 e. The van der Waals surface area contributed by atoms with E-state index in [0.717, 1.165) is 19.3 Å². The van der Waals surface area contributed by atoms with Crippen molar-refractivity contribution in [2.45, 2.75) is 123 Å². The SMILES string of the molecule is CCCCCCCCCCCCCCCCCC(=O)OC(=O)C(C)O.[Ca].[Na]. The van der Waals surface area contributed by atoms with E-state index in [-0.39, 0.29) is 73.7 Å². The first-order valence-corrected chi connectivity index (χ1v) is 10.5. The second-order valence-electron chi connectivity index (χ2n) is 7.17. The molecule has 0 fully saturated rings. The van der Waals surface area contributed by atoms with Gasteiger partial charge >= 0.3 is 11.9 Å². The number of unbranched alkanes of at least 4 members (excludes halogenated alkanes) is 14. The van der Waals surface area contributed by atoms with Gasteiger partial charge < -0.3 is 9.84 Å². The molecule has 0 aromatic carbocycles. The Balaban J connectivity index is -0.00000288. The summed E-state index contributed by atoms with van der Waals surface area (Å²) in [5.74, 6) is -1.38. The third kappa shape index (κ3) is 25.3. The molecule has 0 aliphatic rings. The zero-order valence-electron chi connectivity index (χ0n) is 18.3. The van der Waals surface area contributed by atoms with Crippen molar-refractivity contribution in [1.82, 2.24) is 0 Å². The van der Waals surface area contributed by atoms with Crippen LogP contribution in [0.4, 0.5) is 0 Å². The molecule has 0 heterocycles. The number of carbonyl (C=O) groups is 2. The number of esters is 2. The molecular weight excluding hydrogens is 379 g/mol. The average molecular weight is 420 g/mol. The van der Waals surface area contributed by atoms with Gasteiger partial charge in [0.15, 0.2) is 0 Å². The predicted molar refractivity (Wildman–Crippen MR) is 114 cm³/mol. The molecule has 0 saturated carbocycles. The van der Waals surface area contributed by atoms with E-state index in [1.165, 1.54) is 84.0 Å². The van der Waals surface area contributed by atoms with Gasteiger partial charge in [-0.15, -0.1) is 0 Å². The number of aliphatic hydroxyl groups excluding tert-OH is 1. The first-order chi connectivity index (χ1) is 12.1. The van der Waals surface area contributed by atoms with Crippen LogP contribution in [0.3, 0.4) is 0 Å². The van der Waals surface area contributed by atoms with Crippen molar-refractivity contribution in [3.8, 4) is 0 Å². The van der Waals surface area contributed by atoms with Crippen molar-refractivity contribution in [1.29, 1.82) is 0 Å². The van der Waals surface area contributed by atoms with Gasteiger partial charge in [-0.05, 0) is 13.3 Å². The minimum Gasteiger partial charge on any atom is -0.391 e. The first kappa shape index (κ1) is 33.0. The van der Waals surface area contributed by atoms with E-state index in [4.69, 9.17) is 5.11 Å². The van der Waals surface area contributed by atoms with Gasteiger partial charge in [-0.2, -0.15) is 0 Å². The standard InChI is InChI=1S/C21H40O4.Ca.Na/c1-3-4-5-6-7-8-9-10-11-12-13-14-15-16-17-18-20(23)25-21(24)19(2)22;;/h19,22H,3-18H2,1-2H3;;. The van der Waals surface area contributed by atoms with E-state index in [0.29, 0.717) is 0 Å². The summed E-state index contributed by atoms with van der Waals surface area (Å²) in [6.07, 6.45) is 18.2. The van der Waals surface area contributed by atoms with Crippen molar-refractivity contribution in [3.05, 3.63) is 0 Å². The molecule has 151 valence electrons. The molecule has 0 amide bonds. The molecule has 0 rings (SSSR count). The van der Waals surface area contributed by atoms with Crippen LogP contribution < -0.4 is 0 Å². The van der Waals surface area contributed by atoms with Gasteiger partial charge in [0.05, 0.1) is 0 Å². The number of ether oxygens (including phenoxy) is 1. The van der Waals surface area contributed by atoms with E-state index in [1.54, 1.807) is 0 Å². The Morgan fingerprint density at radius 2 is 1.07 bits per heavy atom. The van der Waals surface area contributed by atoms with Crippen LogP contribution >= 0.6 is 0 Å². The number of carbonyl (C=O) groups excluding carboxylic acids is 2. The summed E-state index contributed by atoms with van der Waals surface area (Å²) >= 11 is 0. The summed E-state index contributed by atoms with van der Waals surface area (Å²) in [7, 11) is 0. The Kier molecular flexibility index (Phi) is 31.0. The minimum absolute atomic E-state index is 0. The molecule has 4 nitrogen and oxygen atoms in total. The van der Waals surface area contributed by atoms with Crippen LogP contribution in [0.5, 0.6) is 0 Å². The zero-order valence-corrected chi connectivity index (χ0v) is 22.5. The molecule has 0 aliphatic carbocycles. The van der Waals surface area contributed by atoms with Crippen molar-refractivity contribution >= 4 is 79.2 Å². The van der Waals surface area contributed by atoms with Gasteiger partial charge in [-0.3, -0.25) is 4.79 Å².